The Bertz CT molecular complexity index is 330. The molecule has 3 heteroatoms. The van der Waals surface area contributed by atoms with E-state index in [1.54, 1.807) is 0 Å². The summed E-state index contributed by atoms with van der Waals surface area (Å²) in [6.45, 7) is 0. The minimum absolute atomic E-state index is 0.287. The molecule has 1 heterocycles. The molecule has 3 nitrogen and oxygen atoms in total. The third-order valence-electron chi connectivity index (χ3n) is 3.48. The molecule has 2 fully saturated rings. The molecule has 2 saturated carbocycles. The van der Waals surface area contributed by atoms with Gasteiger partial charge in [0.2, 0.25) is 0 Å². The summed E-state index contributed by atoms with van der Waals surface area (Å²) in [7, 11) is 0. The quantitative estimate of drug-likeness (QED) is 0.781. The average molecular weight is 192 g/mol. The SMILES string of the molecule is NC1CCCC1c1cc(C2CC2)no1. The van der Waals surface area contributed by atoms with Crippen molar-refractivity contribution in [1.82, 2.24) is 5.16 Å². The van der Waals surface area contributed by atoms with E-state index in [-0.39, 0.29) is 6.04 Å². The number of nitrogens with zero attached hydrogens (tertiary/aromatic N) is 1. The molecular weight excluding hydrogens is 176 g/mol. The maximum Gasteiger partial charge on any atom is 0.141 e. The summed E-state index contributed by atoms with van der Waals surface area (Å²) in [4.78, 5) is 0. The Labute approximate surface area is 83.6 Å². The summed E-state index contributed by atoms with van der Waals surface area (Å²) in [5, 5.41) is 4.13. The predicted octanol–water partition coefficient (Wildman–Crippen LogP) is 2.15. The van der Waals surface area contributed by atoms with Crippen molar-refractivity contribution in [2.24, 2.45) is 5.73 Å². The molecule has 14 heavy (non-hydrogen) atoms. The minimum Gasteiger partial charge on any atom is -0.361 e. The van der Waals surface area contributed by atoms with Crippen LogP contribution in [0.25, 0.3) is 0 Å². The number of hydrogen-bond donors (Lipinski definition) is 1. The maximum atomic E-state index is 6.02. The highest BCUT2D eigenvalue weighted by molar-refractivity contribution is 5.19. The van der Waals surface area contributed by atoms with Gasteiger partial charge in [0.1, 0.15) is 5.76 Å². The molecule has 2 aliphatic carbocycles. The van der Waals surface area contributed by atoms with E-state index in [9.17, 15) is 0 Å². The third-order valence-corrected chi connectivity index (χ3v) is 3.48. The fraction of sp³-hybridized carbons (Fsp3) is 0.727. The summed E-state index contributed by atoms with van der Waals surface area (Å²) in [5.41, 5.74) is 7.18. The van der Waals surface area contributed by atoms with E-state index in [1.807, 2.05) is 0 Å². The van der Waals surface area contributed by atoms with Gasteiger partial charge in [-0.05, 0) is 25.7 Å². The lowest BCUT2D eigenvalue weighted by molar-refractivity contribution is 0.347. The zero-order valence-corrected chi connectivity index (χ0v) is 8.28. The highest BCUT2D eigenvalue weighted by Gasteiger charge is 2.32. The number of nitrogens with two attached hydrogens (primary N) is 1. The molecule has 0 bridgehead atoms. The van der Waals surface area contributed by atoms with Gasteiger partial charge in [0, 0.05) is 23.9 Å². The van der Waals surface area contributed by atoms with Crippen molar-refractivity contribution in [3.8, 4) is 0 Å². The van der Waals surface area contributed by atoms with Gasteiger partial charge in [-0.3, -0.25) is 0 Å². The predicted molar refractivity (Wildman–Crippen MR) is 53.0 cm³/mol. The fourth-order valence-corrected chi connectivity index (χ4v) is 2.39. The van der Waals surface area contributed by atoms with Gasteiger partial charge in [-0.1, -0.05) is 11.6 Å². The first-order valence-electron chi connectivity index (χ1n) is 5.56. The third kappa shape index (κ3) is 1.36. The number of aromatic nitrogens is 1. The second-order valence-corrected chi connectivity index (χ2v) is 4.63. The molecule has 2 N–H and O–H groups in total. The zero-order chi connectivity index (χ0) is 9.54. The van der Waals surface area contributed by atoms with Crippen LogP contribution in [-0.2, 0) is 0 Å². The van der Waals surface area contributed by atoms with Crippen molar-refractivity contribution >= 4 is 0 Å². The highest BCUT2D eigenvalue weighted by Crippen LogP contribution is 2.41. The van der Waals surface area contributed by atoms with Gasteiger partial charge in [-0.2, -0.15) is 0 Å². The normalized spacial score (nSPS) is 32.4. The van der Waals surface area contributed by atoms with Gasteiger partial charge in [0.25, 0.3) is 0 Å². The van der Waals surface area contributed by atoms with Crippen molar-refractivity contribution < 1.29 is 4.52 Å². The number of rotatable bonds is 2. The molecular formula is C11H16N2O. The standard InChI is InChI=1S/C11H16N2O/c12-9-3-1-2-8(9)11-6-10(13-14-11)7-4-5-7/h6-9H,1-5,12H2. The molecule has 0 aliphatic heterocycles. The van der Waals surface area contributed by atoms with E-state index in [2.05, 4.69) is 11.2 Å². The van der Waals surface area contributed by atoms with Gasteiger partial charge < -0.3 is 10.3 Å². The van der Waals surface area contributed by atoms with Gasteiger partial charge in [0.15, 0.2) is 0 Å². The molecule has 1 aromatic heterocycles. The Morgan fingerprint density at radius 2 is 2.14 bits per heavy atom. The molecule has 1 aromatic rings. The van der Waals surface area contributed by atoms with E-state index in [0.29, 0.717) is 11.8 Å². The van der Waals surface area contributed by atoms with Crippen molar-refractivity contribution in [2.45, 2.75) is 50.0 Å². The summed E-state index contributed by atoms with van der Waals surface area (Å²) in [5.74, 6) is 2.14. The Morgan fingerprint density at radius 1 is 1.29 bits per heavy atom. The van der Waals surface area contributed by atoms with Crippen molar-refractivity contribution in [2.75, 3.05) is 0 Å². The maximum absolute atomic E-state index is 6.02. The monoisotopic (exact) mass is 192 g/mol. The minimum atomic E-state index is 0.287. The molecule has 0 radical (unpaired) electrons. The first-order valence-corrected chi connectivity index (χ1v) is 5.56. The van der Waals surface area contributed by atoms with Crippen LogP contribution >= 0.6 is 0 Å². The lowest BCUT2D eigenvalue weighted by Crippen LogP contribution is -2.22. The topological polar surface area (TPSA) is 52.0 Å². The van der Waals surface area contributed by atoms with Crippen LogP contribution in [0.15, 0.2) is 10.6 Å². The Morgan fingerprint density at radius 3 is 2.79 bits per heavy atom. The highest BCUT2D eigenvalue weighted by atomic mass is 16.5. The van der Waals surface area contributed by atoms with Gasteiger partial charge in [-0.25, -0.2) is 0 Å². The van der Waals surface area contributed by atoms with Crippen LogP contribution in [0.4, 0.5) is 0 Å². The Balaban J connectivity index is 1.81. The van der Waals surface area contributed by atoms with Gasteiger partial charge in [-0.15, -0.1) is 0 Å². The van der Waals surface area contributed by atoms with E-state index in [0.717, 1.165) is 17.9 Å². The zero-order valence-electron chi connectivity index (χ0n) is 8.28. The van der Waals surface area contributed by atoms with Crippen LogP contribution in [0.3, 0.4) is 0 Å². The molecule has 76 valence electrons. The van der Waals surface area contributed by atoms with Crippen LogP contribution < -0.4 is 5.73 Å². The molecule has 2 atom stereocenters. The van der Waals surface area contributed by atoms with Crippen LogP contribution in [-0.4, -0.2) is 11.2 Å². The second kappa shape index (κ2) is 3.09. The van der Waals surface area contributed by atoms with Crippen LogP contribution in [0, 0.1) is 0 Å². The summed E-state index contributed by atoms with van der Waals surface area (Å²) < 4.78 is 5.39. The van der Waals surface area contributed by atoms with Gasteiger partial charge >= 0.3 is 0 Å². The summed E-state index contributed by atoms with van der Waals surface area (Å²) in [6, 6.07) is 2.42. The Hall–Kier alpha value is -0.830. The lowest BCUT2D eigenvalue weighted by atomic mass is 10.0. The molecule has 2 unspecified atom stereocenters. The van der Waals surface area contributed by atoms with Crippen molar-refractivity contribution in [3.05, 3.63) is 17.5 Å². The lowest BCUT2D eigenvalue weighted by Gasteiger charge is -2.10. The van der Waals surface area contributed by atoms with Crippen LogP contribution in [0.1, 0.15) is 55.4 Å². The second-order valence-electron chi connectivity index (χ2n) is 4.63. The molecule has 0 spiro atoms. The van der Waals surface area contributed by atoms with Crippen molar-refractivity contribution in [1.29, 1.82) is 0 Å². The van der Waals surface area contributed by atoms with Crippen molar-refractivity contribution in [3.63, 3.8) is 0 Å². The van der Waals surface area contributed by atoms with E-state index in [4.69, 9.17) is 10.3 Å². The average Bonchev–Trinajstić information content (AvgIpc) is 2.75. The molecule has 2 aliphatic rings. The van der Waals surface area contributed by atoms with E-state index >= 15 is 0 Å². The Kier molecular flexibility index (Phi) is 1.87. The van der Waals surface area contributed by atoms with E-state index < -0.39 is 0 Å². The smallest absolute Gasteiger partial charge is 0.141 e. The molecule has 0 amide bonds. The summed E-state index contributed by atoms with van der Waals surface area (Å²) in [6.07, 6.45) is 6.08. The first-order chi connectivity index (χ1) is 6.84. The summed E-state index contributed by atoms with van der Waals surface area (Å²) >= 11 is 0. The molecule has 3 rings (SSSR count). The largest absolute Gasteiger partial charge is 0.361 e. The molecule has 0 saturated heterocycles. The van der Waals surface area contributed by atoms with Crippen LogP contribution in [0.2, 0.25) is 0 Å². The fourth-order valence-electron chi connectivity index (χ4n) is 2.39. The number of hydrogen-bond acceptors (Lipinski definition) is 3. The molecule has 0 aromatic carbocycles. The van der Waals surface area contributed by atoms with E-state index in [1.165, 1.54) is 25.7 Å². The first kappa shape index (κ1) is 8.48. The van der Waals surface area contributed by atoms with Crippen LogP contribution in [0.5, 0.6) is 0 Å². The van der Waals surface area contributed by atoms with Gasteiger partial charge in [0.05, 0.1) is 5.69 Å².